The number of rotatable bonds is 7. The van der Waals surface area contributed by atoms with Gasteiger partial charge in [-0.2, -0.15) is 0 Å². The number of para-hydroxylation sites is 1. The normalized spacial score (nSPS) is 10.2. The lowest BCUT2D eigenvalue weighted by atomic mass is 10.0. The first kappa shape index (κ1) is 20.9. The minimum absolute atomic E-state index is 0.126. The highest BCUT2D eigenvalue weighted by molar-refractivity contribution is 6.04. The lowest BCUT2D eigenvalue weighted by Gasteiger charge is -2.12. The molecule has 0 atom stereocenters. The highest BCUT2D eigenvalue weighted by atomic mass is 16.5. The fourth-order valence-corrected chi connectivity index (χ4v) is 3.22. The summed E-state index contributed by atoms with van der Waals surface area (Å²) in [5.74, 6) is 0.0970. The summed E-state index contributed by atoms with van der Waals surface area (Å²) in [4.78, 5) is 24.7. The molecular formula is C27H22N2O3. The molecule has 0 unspecified atom stereocenters. The van der Waals surface area contributed by atoms with Crippen molar-refractivity contribution in [1.29, 1.82) is 0 Å². The molecule has 0 heterocycles. The van der Waals surface area contributed by atoms with Crippen LogP contribution < -0.4 is 15.4 Å². The Kier molecular flexibility index (Phi) is 6.58. The van der Waals surface area contributed by atoms with Gasteiger partial charge in [0.25, 0.3) is 11.8 Å². The standard InChI is InChI=1S/C27H22N2O3/c30-26(29-25-14-8-7-13-24(25)20-9-3-1-4-10-20)19-32-23-17-15-22(16-18-23)28-27(31)21-11-5-2-6-12-21/h1-18H,19H2,(H,28,31)(H,29,30). The fraction of sp³-hybridized carbons (Fsp3) is 0.0370. The Morgan fingerprint density at radius 3 is 2.00 bits per heavy atom. The molecule has 0 fully saturated rings. The summed E-state index contributed by atoms with van der Waals surface area (Å²) < 4.78 is 5.61. The van der Waals surface area contributed by atoms with Gasteiger partial charge in [0, 0.05) is 22.5 Å². The molecule has 0 aliphatic rings. The smallest absolute Gasteiger partial charge is 0.262 e. The summed E-state index contributed by atoms with van der Waals surface area (Å²) in [7, 11) is 0. The van der Waals surface area contributed by atoms with Crippen LogP contribution in [0.4, 0.5) is 11.4 Å². The molecule has 0 bridgehead atoms. The summed E-state index contributed by atoms with van der Waals surface area (Å²) in [5, 5.41) is 5.74. The topological polar surface area (TPSA) is 67.4 Å². The van der Waals surface area contributed by atoms with Crippen molar-refractivity contribution in [3.63, 3.8) is 0 Å². The van der Waals surface area contributed by atoms with Crippen LogP contribution in [0.1, 0.15) is 10.4 Å². The van der Waals surface area contributed by atoms with E-state index in [0.29, 0.717) is 17.0 Å². The van der Waals surface area contributed by atoms with Crippen LogP contribution in [-0.2, 0) is 4.79 Å². The first-order valence-electron chi connectivity index (χ1n) is 10.2. The monoisotopic (exact) mass is 422 g/mol. The number of hydrogen-bond acceptors (Lipinski definition) is 3. The van der Waals surface area contributed by atoms with Gasteiger partial charge in [-0.25, -0.2) is 0 Å². The Labute approximate surface area is 186 Å². The summed E-state index contributed by atoms with van der Waals surface area (Å²) in [6.07, 6.45) is 0. The molecule has 0 saturated carbocycles. The Balaban J connectivity index is 1.33. The molecule has 32 heavy (non-hydrogen) atoms. The molecule has 4 aromatic rings. The third-order valence-corrected chi connectivity index (χ3v) is 4.80. The van der Waals surface area contributed by atoms with Crippen LogP contribution in [0.3, 0.4) is 0 Å². The van der Waals surface area contributed by atoms with E-state index in [1.807, 2.05) is 72.8 Å². The first-order valence-corrected chi connectivity index (χ1v) is 10.2. The molecular weight excluding hydrogens is 400 g/mol. The minimum atomic E-state index is -0.255. The predicted octanol–water partition coefficient (Wildman–Crippen LogP) is 5.62. The lowest BCUT2D eigenvalue weighted by molar-refractivity contribution is -0.118. The number of benzene rings is 4. The average molecular weight is 422 g/mol. The van der Waals surface area contributed by atoms with Gasteiger partial charge in [-0.05, 0) is 48.0 Å². The van der Waals surface area contributed by atoms with Crippen LogP contribution in [-0.4, -0.2) is 18.4 Å². The number of ether oxygens (including phenoxy) is 1. The lowest BCUT2D eigenvalue weighted by Crippen LogP contribution is -2.20. The van der Waals surface area contributed by atoms with E-state index in [9.17, 15) is 9.59 Å². The zero-order valence-corrected chi connectivity index (χ0v) is 17.3. The maximum absolute atomic E-state index is 12.4. The van der Waals surface area contributed by atoms with Crippen LogP contribution in [0.5, 0.6) is 5.75 Å². The first-order chi connectivity index (χ1) is 15.7. The van der Waals surface area contributed by atoms with Gasteiger partial charge in [-0.15, -0.1) is 0 Å². The van der Waals surface area contributed by atoms with Gasteiger partial charge in [0.1, 0.15) is 5.75 Å². The maximum atomic E-state index is 12.4. The number of anilines is 2. The molecule has 0 aliphatic heterocycles. The van der Waals surface area contributed by atoms with Crippen LogP contribution in [0, 0.1) is 0 Å². The van der Waals surface area contributed by atoms with Crippen molar-refractivity contribution in [1.82, 2.24) is 0 Å². The van der Waals surface area contributed by atoms with Crippen molar-refractivity contribution in [2.75, 3.05) is 17.2 Å². The molecule has 5 nitrogen and oxygen atoms in total. The number of hydrogen-bond donors (Lipinski definition) is 2. The molecule has 4 rings (SSSR count). The van der Waals surface area contributed by atoms with Gasteiger partial charge >= 0.3 is 0 Å². The molecule has 5 heteroatoms. The molecule has 2 amide bonds. The number of carbonyl (C=O) groups excluding carboxylic acids is 2. The van der Waals surface area contributed by atoms with Crippen molar-refractivity contribution in [3.8, 4) is 16.9 Å². The van der Waals surface area contributed by atoms with Crippen LogP contribution >= 0.6 is 0 Å². The zero-order valence-electron chi connectivity index (χ0n) is 17.3. The molecule has 0 radical (unpaired) electrons. The van der Waals surface area contributed by atoms with Gasteiger partial charge in [0.05, 0.1) is 0 Å². The van der Waals surface area contributed by atoms with E-state index < -0.39 is 0 Å². The van der Waals surface area contributed by atoms with Gasteiger partial charge in [-0.3, -0.25) is 9.59 Å². The minimum Gasteiger partial charge on any atom is -0.484 e. The molecule has 2 N–H and O–H groups in total. The highest BCUT2D eigenvalue weighted by Crippen LogP contribution is 2.27. The Morgan fingerprint density at radius 1 is 0.656 bits per heavy atom. The number of amides is 2. The van der Waals surface area contributed by atoms with E-state index >= 15 is 0 Å². The Bertz CT molecular complexity index is 1190. The molecule has 0 aliphatic carbocycles. The van der Waals surface area contributed by atoms with Crippen molar-refractivity contribution >= 4 is 23.2 Å². The summed E-state index contributed by atoms with van der Waals surface area (Å²) in [5.41, 5.74) is 3.93. The Hall–Kier alpha value is -4.38. The summed E-state index contributed by atoms with van der Waals surface area (Å²) in [6, 6.07) is 33.4. The zero-order chi connectivity index (χ0) is 22.2. The van der Waals surface area contributed by atoms with Gasteiger partial charge in [0.15, 0.2) is 6.61 Å². The number of carbonyl (C=O) groups is 2. The molecule has 0 saturated heterocycles. The van der Waals surface area contributed by atoms with Crippen LogP contribution in [0.2, 0.25) is 0 Å². The van der Waals surface area contributed by atoms with E-state index in [0.717, 1.165) is 16.8 Å². The molecule has 158 valence electrons. The largest absolute Gasteiger partial charge is 0.484 e. The highest BCUT2D eigenvalue weighted by Gasteiger charge is 2.09. The van der Waals surface area contributed by atoms with Crippen LogP contribution in [0.15, 0.2) is 109 Å². The summed E-state index contributed by atoms with van der Waals surface area (Å²) in [6.45, 7) is -0.126. The Morgan fingerprint density at radius 2 is 1.28 bits per heavy atom. The predicted molar refractivity (Wildman–Crippen MR) is 127 cm³/mol. The molecule has 0 aromatic heterocycles. The van der Waals surface area contributed by atoms with Gasteiger partial charge in [-0.1, -0.05) is 66.7 Å². The SMILES string of the molecule is O=C(COc1ccc(NC(=O)c2ccccc2)cc1)Nc1ccccc1-c1ccccc1. The van der Waals surface area contributed by atoms with Crippen molar-refractivity contribution < 1.29 is 14.3 Å². The van der Waals surface area contributed by atoms with Gasteiger partial charge < -0.3 is 15.4 Å². The third kappa shape index (κ3) is 5.40. The molecule has 0 spiro atoms. The van der Waals surface area contributed by atoms with E-state index in [1.165, 1.54) is 0 Å². The van der Waals surface area contributed by atoms with Gasteiger partial charge in [0.2, 0.25) is 0 Å². The van der Waals surface area contributed by atoms with E-state index in [1.54, 1.807) is 36.4 Å². The van der Waals surface area contributed by atoms with Crippen LogP contribution in [0.25, 0.3) is 11.1 Å². The van der Waals surface area contributed by atoms with E-state index in [2.05, 4.69) is 10.6 Å². The van der Waals surface area contributed by atoms with Crippen molar-refractivity contribution in [2.24, 2.45) is 0 Å². The number of nitrogens with one attached hydrogen (secondary N) is 2. The van der Waals surface area contributed by atoms with E-state index in [-0.39, 0.29) is 18.4 Å². The van der Waals surface area contributed by atoms with Crippen molar-refractivity contribution in [2.45, 2.75) is 0 Å². The second-order valence-corrected chi connectivity index (χ2v) is 7.09. The average Bonchev–Trinajstić information content (AvgIpc) is 2.85. The third-order valence-electron chi connectivity index (χ3n) is 4.80. The molecule has 4 aromatic carbocycles. The quantitative estimate of drug-likeness (QED) is 0.406. The second-order valence-electron chi connectivity index (χ2n) is 7.09. The second kappa shape index (κ2) is 10.1. The van der Waals surface area contributed by atoms with E-state index in [4.69, 9.17) is 4.74 Å². The summed E-state index contributed by atoms with van der Waals surface area (Å²) >= 11 is 0. The fourth-order valence-electron chi connectivity index (χ4n) is 3.22. The maximum Gasteiger partial charge on any atom is 0.262 e. The van der Waals surface area contributed by atoms with Crippen molar-refractivity contribution in [3.05, 3.63) is 115 Å².